The molecule has 0 bridgehead atoms. The second-order valence-corrected chi connectivity index (χ2v) is 6.49. The standard InChI is InChI=1S/C18H21BrN2O/c1-11-7-13(3)18(14(4)8-11)21-17(22)10-20-15-6-5-12(2)16(19)9-15/h5-9,20H,10H2,1-4H3,(H,21,22). The van der Waals surface area contributed by atoms with Gasteiger partial charge in [-0.2, -0.15) is 0 Å². The third kappa shape index (κ3) is 4.10. The molecule has 0 unspecified atom stereocenters. The zero-order valence-corrected chi connectivity index (χ0v) is 15.0. The molecule has 0 aromatic heterocycles. The summed E-state index contributed by atoms with van der Waals surface area (Å²) in [5.74, 6) is -0.0493. The van der Waals surface area contributed by atoms with Crippen LogP contribution in [0.4, 0.5) is 11.4 Å². The van der Waals surface area contributed by atoms with Gasteiger partial charge in [0.2, 0.25) is 5.91 Å². The molecule has 0 radical (unpaired) electrons. The number of amides is 1. The van der Waals surface area contributed by atoms with E-state index in [2.05, 4.69) is 45.6 Å². The fourth-order valence-electron chi connectivity index (χ4n) is 2.45. The first-order valence-electron chi connectivity index (χ1n) is 7.24. The zero-order chi connectivity index (χ0) is 16.3. The van der Waals surface area contributed by atoms with Gasteiger partial charge in [0.15, 0.2) is 0 Å². The molecular weight excluding hydrogens is 340 g/mol. The fourth-order valence-corrected chi connectivity index (χ4v) is 2.82. The van der Waals surface area contributed by atoms with Gasteiger partial charge in [0, 0.05) is 15.8 Å². The van der Waals surface area contributed by atoms with Crippen molar-refractivity contribution < 1.29 is 4.79 Å². The summed E-state index contributed by atoms with van der Waals surface area (Å²) in [6, 6.07) is 10.1. The molecule has 4 heteroatoms. The molecule has 0 saturated carbocycles. The number of anilines is 2. The first-order valence-corrected chi connectivity index (χ1v) is 8.04. The van der Waals surface area contributed by atoms with Gasteiger partial charge >= 0.3 is 0 Å². The summed E-state index contributed by atoms with van der Waals surface area (Å²) in [4.78, 5) is 12.1. The number of aryl methyl sites for hydroxylation is 4. The van der Waals surface area contributed by atoms with Gasteiger partial charge < -0.3 is 10.6 Å². The third-order valence-corrected chi connectivity index (χ3v) is 4.42. The third-order valence-electron chi connectivity index (χ3n) is 3.57. The van der Waals surface area contributed by atoms with Crippen LogP contribution in [0.2, 0.25) is 0 Å². The number of carbonyl (C=O) groups excluding carboxylic acids is 1. The second kappa shape index (κ2) is 6.97. The number of hydrogen-bond acceptors (Lipinski definition) is 2. The maximum Gasteiger partial charge on any atom is 0.243 e. The smallest absolute Gasteiger partial charge is 0.243 e. The van der Waals surface area contributed by atoms with E-state index in [1.165, 1.54) is 11.1 Å². The Kier molecular flexibility index (Phi) is 5.24. The lowest BCUT2D eigenvalue weighted by Gasteiger charge is -2.14. The summed E-state index contributed by atoms with van der Waals surface area (Å²) in [6.45, 7) is 8.36. The first-order chi connectivity index (χ1) is 10.4. The molecule has 0 aliphatic rings. The molecule has 0 aliphatic carbocycles. The van der Waals surface area contributed by atoms with Crippen molar-refractivity contribution in [2.45, 2.75) is 27.7 Å². The number of rotatable bonds is 4. The van der Waals surface area contributed by atoms with Crippen molar-refractivity contribution in [1.29, 1.82) is 0 Å². The normalized spacial score (nSPS) is 10.4. The number of benzene rings is 2. The van der Waals surface area contributed by atoms with Crippen LogP contribution in [0.3, 0.4) is 0 Å². The van der Waals surface area contributed by atoms with E-state index in [4.69, 9.17) is 0 Å². The average Bonchev–Trinajstić information content (AvgIpc) is 2.44. The maximum absolute atomic E-state index is 12.1. The van der Waals surface area contributed by atoms with E-state index in [9.17, 15) is 4.79 Å². The fraction of sp³-hybridized carbons (Fsp3) is 0.278. The van der Waals surface area contributed by atoms with Crippen LogP contribution in [0.1, 0.15) is 22.3 Å². The molecule has 2 N–H and O–H groups in total. The van der Waals surface area contributed by atoms with Crippen LogP contribution in [0.25, 0.3) is 0 Å². The Morgan fingerprint density at radius 2 is 1.64 bits per heavy atom. The maximum atomic E-state index is 12.1. The Morgan fingerprint density at radius 1 is 1.00 bits per heavy atom. The van der Waals surface area contributed by atoms with Crippen LogP contribution in [-0.2, 0) is 4.79 Å². The van der Waals surface area contributed by atoms with Crippen molar-refractivity contribution in [3.8, 4) is 0 Å². The summed E-state index contributed by atoms with van der Waals surface area (Å²) in [7, 11) is 0. The molecule has 0 heterocycles. The molecule has 0 aliphatic heterocycles. The molecule has 2 aromatic rings. The molecule has 116 valence electrons. The molecule has 0 atom stereocenters. The lowest BCUT2D eigenvalue weighted by molar-refractivity contribution is -0.114. The number of nitrogens with one attached hydrogen (secondary N) is 2. The average molecular weight is 361 g/mol. The predicted molar refractivity (Wildman–Crippen MR) is 96.7 cm³/mol. The van der Waals surface area contributed by atoms with E-state index < -0.39 is 0 Å². The van der Waals surface area contributed by atoms with Crippen LogP contribution in [0, 0.1) is 27.7 Å². The van der Waals surface area contributed by atoms with Crippen molar-refractivity contribution in [1.82, 2.24) is 0 Å². The predicted octanol–water partition coefficient (Wildman–Crippen LogP) is 4.73. The van der Waals surface area contributed by atoms with E-state index in [1.54, 1.807) is 0 Å². The monoisotopic (exact) mass is 360 g/mol. The minimum Gasteiger partial charge on any atom is -0.376 e. The molecule has 0 saturated heterocycles. The van der Waals surface area contributed by atoms with Crippen molar-refractivity contribution in [3.63, 3.8) is 0 Å². The molecule has 2 rings (SSSR count). The molecule has 2 aromatic carbocycles. The number of hydrogen-bond donors (Lipinski definition) is 2. The summed E-state index contributed by atoms with van der Waals surface area (Å²) in [5.41, 5.74) is 6.37. The highest BCUT2D eigenvalue weighted by molar-refractivity contribution is 9.10. The molecule has 22 heavy (non-hydrogen) atoms. The quantitative estimate of drug-likeness (QED) is 0.826. The summed E-state index contributed by atoms with van der Waals surface area (Å²) < 4.78 is 1.03. The SMILES string of the molecule is Cc1cc(C)c(NC(=O)CNc2ccc(C)c(Br)c2)c(C)c1. The Labute approximate surface area is 140 Å². The Bertz CT molecular complexity index is 687. The van der Waals surface area contributed by atoms with Crippen LogP contribution in [0.15, 0.2) is 34.8 Å². The van der Waals surface area contributed by atoms with Gasteiger partial charge in [-0.05, 0) is 56.5 Å². The largest absolute Gasteiger partial charge is 0.376 e. The Balaban J connectivity index is 2.00. The van der Waals surface area contributed by atoms with Gasteiger partial charge in [-0.15, -0.1) is 0 Å². The number of carbonyl (C=O) groups is 1. The minimum absolute atomic E-state index is 0.0493. The van der Waals surface area contributed by atoms with Gasteiger partial charge in [0.1, 0.15) is 0 Å². The Morgan fingerprint density at radius 3 is 2.23 bits per heavy atom. The van der Waals surface area contributed by atoms with Crippen molar-refractivity contribution in [3.05, 3.63) is 57.1 Å². The topological polar surface area (TPSA) is 41.1 Å². The molecule has 0 fully saturated rings. The van der Waals surface area contributed by atoms with E-state index in [-0.39, 0.29) is 12.5 Å². The second-order valence-electron chi connectivity index (χ2n) is 5.64. The van der Waals surface area contributed by atoms with Crippen LogP contribution in [-0.4, -0.2) is 12.5 Å². The van der Waals surface area contributed by atoms with Gasteiger partial charge in [0.05, 0.1) is 6.54 Å². The van der Waals surface area contributed by atoms with E-state index >= 15 is 0 Å². The number of halogens is 1. The van der Waals surface area contributed by atoms with Crippen molar-refractivity contribution >= 4 is 33.2 Å². The highest BCUT2D eigenvalue weighted by Gasteiger charge is 2.08. The summed E-state index contributed by atoms with van der Waals surface area (Å²) in [5, 5.41) is 6.13. The summed E-state index contributed by atoms with van der Waals surface area (Å²) in [6.07, 6.45) is 0. The van der Waals surface area contributed by atoms with E-state index in [0.29, 0.717) is 0 Å². The lowest BCUT2D eigenvalue weighted by atomic mass is 10.1. The lowest BCUT2D eigenvalue weighted by Crippen LogP contribution is -2.22. The molecule has 1 amide bonds. The van der Waals surface area contributed by atoms with Gasteiger partial charge in [-0.3, -0.25) is 4.79 Å². The summed E-state index contributed by atoms with van der Waals surface area (Å²) >= 11 is 3.49. The van der Waals surface area contributed by atoms with Gasteiger partial charge in [0.25, 0.3) is 0 Å². The van der Waals surface area contributed by atoms with Gasteiger partial charge in [-0.1, -0.05) is 39.7 Å². The molecule has 0 spiro atoms. The highest BCUT2D eigenvalue weighted by atomic mass is 79.9. The molecular formula is C18H21BrN2O. The zero-order valence-electron chi connectivity index (χ0n) is 13.4. The minimum atomic E-state index is -0.0493. The molecule has 3 nitrogen and oxygen atoms in total. The van der Waals surface area contributed by atoms with Crippen LogP contribution in [0.5, 0.6) is 0 Å². The van der Waals surface area contributed by atoms with E-state index in [0.717, 1.165) is 27.0 Å². The van der Waals surface area contributed by atoms with Crippen LogP contribution >= 0.6 is 15.9 Å². The van der Waals surface area contributed by atoms with Gasteiger partial charge in [-0.25, -0.2) is 0 Å². The van der Waals surface area contributed by atoms with Crippen molar-refractivity contribution in [2.75, 3.05) is 17.2 Å². The Hall–Kier alpha value is -1.81. The van der Waals surface area contributed by atoms with Crippen molar-refractivity contribution in [2.24, 2.45) is 0 Å². The first kappa shape index (κ1) is 16.6. The van der Waals surface area contributed by atoms with Crippen LogP contribution < -0.4 is 10.6 Å². The highest BCUT2D eigenvalue weighted by Crippen LogP contribution is 2.22. The van der Waals surface area contributed by atoms with E-state index in [1.807, 2.05) is 39.0 Å².